The third kappa shape index (κ3) is 3.05. The van der Waals surface area contributed by atoms with Crippen LogP contribution in [0.15, 0.2) is 10.1 Å². The molecule has 0 saturated carbocycles. The molecular weight excluding hydrogens is 328 g/mol. The van der Waals surface area contributed by atoms with Crippen molar-refractivity contribution in [3.05, 3.63) is 10.1 Å². The molecule has 2 atom stereocenters. The monoisotopic (exact) mass is 350 g/mol. The molecule has 0 amide bonds. The summed E-state index contributed by atoms with van der Waals surface area (Å²) < 4.78 is 7.52. The van der Waals surface area contributed by atoms with E-state index in [9.17, 15) is 0 Å². The Hall–Kier alpha value is 0.687. The van der Waals surface area contributed by atoms with Crippen molar-refractivity contribution in [3.8, 4) is 0 Å². The fraction of sp³-hybridized carbons (Fsp3) is 0.857. The van der Waals surface area contributed by atoms with Crippen LogP contribution in [-0.4, -0.2) is 25.7 Å². The molecule has 4 heteroatoms. The summed E-state index contributed by atoms with van der Waals surface area (Å²) in [7, 11) is -1.04. The highest BCUT2D eigenvalue weighted by molar-refractivity contribution is 9.11. The molecule has 0 fully saturated rings. The van der Waals surface area contributed by atoms with Gasteiger partial charge in [-0.15, -0.1) is 11.6 Å². The van der Waals surface area contributed by atoms with Gasteiger partial charge < -0.3 is 4.74 Å². The van der Waals surface area contributed by atoms with Crippen LogP contribution >= 0.6 is 27.5 Å². The van der Waals surface area contributed by atoms with Crippen molar-refractivity contribution < 1.29 is 4.74 Å². The van der Waals surface area contributed by atoms with E-state index in [0.717, 1.165) is 25.9 Å². The Morgan fingerprint density at radius 1 is 1.44 bits per heavy atom. The summed E-state index contributed by atoms with van der Waals surface area (Å²) in [5, 5.41) is 0.246. The van der Waals surface area contributed by atoms with Gasteiger partial charge in [-0.25, -0.2) is 0 Å². The molecule has 0 saturated heterocycles. The number of allylic oxidation sites excluding steroid dienone is 1. The average molecular weight is 352 g/mol. The zero-order valence-electron chi connectivity index (χ0n) is 11.7. The summed E-state index contributed by atoms with van der Waals surface area (Å²) in [6.07, 6.45) is 4.38. The first-order chi connectivity index (χ1) is 8.38. The topological polar surface area (TPSA) is 9.23 Å². The van der Waals surface area contributed by atoms with Gasteiger partial charge in [0, 0.05) is 24.5 Å². The van der Waals surface area contributed by atoms with E-state index < -0.39 is 8.07 Å². The van der Waals surface area contributed by atoms with Gasteiger partial charge in [-0.3, -0.25) is 0 Å². The Morgan fingerprint density at radius 3 is 2.83 bits per heavy atom. The molecule has 0 aromatic heterocycles. The van der Waals surface area contributed by atoms with Crippen molar-refractivity contribution in [2.45, 2.75) is 68.8 Å². The number of fused-ring (bicyclic) bond motifs is 1. The van der Waals surface area contributed by atoms with E-state index in [1.165, 1.54) is 28.6 Å². The van der Waals surface area contributed by atoms with Crippen molar-refractivity contribution in [1.29, 1.82) is 0 Å². The van der Waals surface area contributed by atoms with E-state index in [2.05, 4.69) is 35.9 Å². The molecule has 2 rings (SSSR count). The van der Waals surface area contributed by atoms with Gasteiger partial charge in [0.05, 0.1) is 0 Å². The molecule has 0 N–H and O–H groups in total. The van der Waals surface area contributed by atoms with E-state index in [0.29, 0.717) is 0 Å². The molecule has 0 unspecified atom stereocenters. The van der Waals surface area contributed by atoms with E-state index >= 15 is 0 Å². The van der Waals surface area contributed by atoms with Crippen molar-refractivity contribution in [2.24, 2.45) is 0 Å². The molecule has 18 heavy (non-hydrogen) atoms. The Balaban J connectivity index is 2.36. The molecule has 0 spiro atoms. The first-order valence-electron chi connectivity index (χ1n) is 7.04. The van der Waals surface area contributed by atoms with Crippen molar-refractivity contribution >= 4 is 35.6 Å². The number of hydrogen-bond donors (Lipinski definition) is 0. The second-order valence-electron chi connectivity index (χ2n) is 6.51. The van der Waals surface area contributed by atoms with Gasteiger partial charge >= 0.3 is 0 Å². The molecule has 0 aromatic carbocycles. The highest BCUT2D eigenvalue weighted by Gasteiger charge is 2.44. The smallest absolute Gasteiger partial charge is 0.101 e. The number of alkyl halides is 1. The van der Waals surface area contributed by atoms with Gasteiger partial charge in [-0.1, -0.05) is 46.7 Å². The first kappa shape index (κ1) is 15.1. The van der Waals surface area contributed by atoms with Crippen LogP contribution in [0.1, 0.15) is 32.6 Å². The van der Waals surface area contributed by atoms with Crippen LogP contribution in [0.5, 0.6) is 0 Å². The largest absolute Gasteiger partial charge is 0.370 e. The zero-order valence-corrected chi connectivity index (χ0v) is 15.0. The minimum atomic E-state index is -1.04. The maximum atomic E-state index is 6.48. The van der Waals surface area contributed by atoms with Crippen LogP contribution < -0.4 is 0 Å². The lowest BCUT2D eigenvalue weighted by atomic mass is 9.83. The Bertz CT molecular complexity index is 356. The van der Waals surface area contributed by atoms with Crippen molar-refractivity contribution in [3.63, 3.8) is 0 Å². The van der Waals surface area contributed by atoms with Gasteiger partial charge in [0.15, 0.2) is 0 Å². The van der Waals surface area contributed by atoms with Gasteiger partial charge in [-0.2, -0.15) is 0 Å². The quantitative estimate of drug-likeness (QED) is 0.483. The summed E-state index contributed by atoms with van der Waals surface area (Å²) in [6.45, 7) is 7.89. The third-order valence-corrected chi connectivity index (χ3v) is 9.26. The fourth-order valence-corrected chi connectivity index (χ4v) is 6.83. The molecule has 1 heterocycles. The lowest BCUT2D eigenvalue weighted by Gasteiger charge is -2.44. The average Bonchev–Trinajstić information content (AvgIpc) is 2.29. The highest BCUT2D eigenvalue weighted by atomic mass is 79.9. The third-order valence-electron chi connectivity index (χ3n) is 4.46. The minimum Gasteiger partial charge on any atom is -0.370 e. The fourth-order valence-electron chi connectivity index (χ4n) is 3.25. The lowest BCUT2D eigenvalue weighted by molar-refractivity contribution is -0.0178. The van der Waals surface area contributed by atoms with Crippen LogP contribution in [0.25, 0.3) is 0 Å². The highest BCUT2D eigenvalue weighted by Crippen LogP contribution is 2.49. The van der Waals surface area contributed by atoms with E-state index in [1.54, 1.807) is 0 Å². The molecule has 2 aliphatic rings. The predicted molar refractivity (Wildman–Crippen MR) is 85.5 cm³/mol. The second-order valence-corrected chi connectivity index (χ2v) is 13.3. The van der Waals surface area contributed by atoms with Crippen LogP contribution in [0.3, 0.4) is 0 Å². The van der Waals surface area contributed by atoms with Gasteiger partial charge in [0.1, 0.15) is 5.60 Å². The number of ether oxygens (including phenoxy) is 1. The van der Waals surface area contributed by atoms with E-state index in [4.69, 9.17) is 16.3 Å². The van der Waals surface area contributed by atoms with Crippen LogP contribution in [0.4, 0.5) is 0 Å². The predicted octanol–water partition coefficient (Wildman–Crippen LogP) is 5.31. The van der Waals surface area contributed by atoms with Crippen LogP contribution in [0.2, 0.25) is 25.2 Å². The Morgan fingerprint density at radius 2 is 2.17 bits per heavy atom. The molecule has 0 radical (unpaired) electrons. The van der Waals surface area contributed by atoms with Crippen molar-refractivity contribution in [1.82, 2.24) is 0 Å². The maximum absolute atomic E-state index is 6.48. The molecule has 1 aliphatic carbocycles. The van der Waals surface area contributed by atoms with Crippen LogP contribution in [-0.2, 0) is 4.74 Å². The first-order valence-corrected chi connectivity index (χ1v) is 11.7. The van der Waals surface area contributed by atoms with E-state index in [-0.39, 0.29) is 11.0 Å². The molecule has 0 aromatic rings. The molecule has 1 aliphatic heterocycles. The Labute approximate surface area is 125 Å². The number of rotatable bonds is 2. The van der Waals surface area contributed by atoms with Gasteiger partial charge in [0.2, 0.25) is 0 Å². The minimum absolute atomic E-state index is 0.112. The number of halogens is 2. The molecular formula is C14H24BrClOSi. The zero-order chi connectivity index (χ0) is 13.4. The van der Waals surface area contributed by atoms with Crippen LogP contribution in [0, 0.1) is 0 Å². The summed E-state index contributed by atoms with van der Waals surface area (Å²) in [5.41, 5.74) is 1.41. The normalized spacial score (nSPS) is 36.2. The molecule has 104 valence electrons. The Kier molecular flexibility index (Phi) is 4.68. The summed E-state index contributed by atoms with van der Waals surface area (Å²) >= 11 is 10.3. The van der Waals surface area contributed by atoms with Gasteiger partial charge in [-0.05, 0) is 32.6 Å². The SMILES string of the molecule is CCO[C@@]12CC[Si](C)(C)CCC(=C1Br)C[C@H](Cl)C2. The van der Waals surface area contributed by atoms with Gasteiger partial charge in [0.25, 0.3) is 0 Å². The standard InChI is InChI=1S/C14H24BrClOSi/c1-4-17-14-6-8-18(2,3)7-5-11(13(14)15)9-12(16)10-14/h12H,4-10H2,1-3H3/t12-,14+/m0/s1. The summed E-state index contributed by atoms with van der Waals surface area (Å²) in [4.78, 5) is 0. The lowest BCUT2D eigenvalue weighted by Crippen LogP contribution is -2.43. The number of hydrogen-bond acceptors (Lipinski definition) is 1. The second kappa shape index (κ2) is 5.59. The molecule has 2 bridgehead atoms. The van der Waals surface area contributed by atoms with Crippen molar-refractivity contribution in [2.75, 3.05) is 6.61 Å². The summed E-state index contributed by atoms with van der Waals surface area (Å²) in [5.74, 6) is 0. The molecule has 1 nitrogen and oxygen atoms in total. The summed E-state index contributed by atoms with van der Waals surface area (Å²) in [6, 6.07) is 2.74. The maximum Gasteiger partial charge on any atom is 0.101 e. The van der Waals surface area contributed by atoms with E-state index in [1.807, 2.05) is 0 Å².